The lowest BCUT2D eigenvalue weighted by Gasteiger charge is -2.28. The van der Waals surface area contributed by atoms with Crippen molar-refractivity contribution in [1.29, 1.82) is 0 Å². The Morgan fingerprint density at radius 2 is 1.96 bits per heavy atom. The van der Waals surface area contributed by atoms with Gasteiger partial charge in [-0.1, -0.05) is 15.9 Å². The number of aromatic nitrogens is 2. The van der Waals surface area contributed by atoms with Gasteiger partial charge in [0.05, 0.1) is 16.2 Å². The maximum atomic E-state index is 13.0. The van der Waals surface area contributed by atoms with Crippen molar-refractivity contribution in [2.45, 2.75) is 23.0 Å². The Morgan fingerprint density at radius 3 is 2.60 bits per heavy atom. The zero-order valence-electron chi connectivity index (χ0n) is 13.1. The number of hydrogen-bond donors (Lipinski definition) is 0. The van der Waals surface area contributed by atoms with Gasteiger partial charge in [-0.25, -0.2) is 8.42 Å². The van der Waals surface area contributed by atoms with E-state index in [1.807, 2.05) is 0 Å². The molecule has 0 atom stereocenters. The average molecular weight is 456 g/mol. The summed E-state index contributed by atoms with van der Waals surface area (Å²) in [6.07, 6.45) is -4.64. The van der Waals surface area contributed by atoms with Gasteiger partial charge in [0.25, 0.3) is 10.0 Å². The lowest BCUT2D eigenvalue weighted by Crippen LogP contribution is -2.36. The van der Waals surface area contributed by atoms with E-state index in [-0.39, 0.29) is 11.0 Å². The highest BCUT2D eigenvalue weighted by atomic mass is 79.9. The van der Waals surface area contributed by atoms with Crippen molar-refractivity contribution < 1.29 is 21.6 Å². The van der Waals surface area contributed by atoms with Crippen LogP contribution in [0.1, 0.15) is 11.3 Å². The van der Waals surface area contributed by atoms with Crippen molar-refractivity contribution in [2.75, 3.05) is 16.6 Å². The topological polar surface area (TPSA) is 55.2 Å². The summed E-state index contributed by atoms with van der Waals surface area (Å²) in [7, 11) is -2.45. The molecule has 0 bridgehead atoms. The van der Waals surface area contributed by atoms with Crippen molar-refractivity contribution in [3.63, 3.8) is 0 Å². The molecular weight excluding hydrogens is 443 g/mol. The Bertz CT molecular complexity index is 942. The minimum Gasteiger partial charge on any atom is -0.261 e. The number of nitrogens with zero attached hydrogens (tertiary/aromatic N) is 3. The van der Waals surface area contributed by atoms with E-state index >= 15 is 0 Å². The summed E-state index contributed by atoms with van der Waals surface area (Å²) in [6, 6.07) is 2.69. The third-order valence-electron chi connectivity index (χ3n) is 3.71. The molecule has 0 amide bonds. The Balaban J connectivity index is 2.15. The number of rotatable bonds is 2. The third kappa shape index (κ3) is 3.28. The smallest absolute Gasteiger partial charge is 0.261 e. The number of anilines is 1. The van der Waals surface area contributed by atoms with Crippen LogP contribution in [0.5, 0.6) is 0 Å². The molecule has 2 aromatic rings. The van der Waals surface area contributed by atoms with Gasteiger partial charge in [0.1, 0.15) is 10.7 Å². The first-order valence-electron chi connectivity index (χ1n) is 7.09. The summed E-state index contributed by atoms with van der Waals surface area (Å²) in [5, 5.41) is 4.90. The van der Waals surface area contributed by atoms with Crippen molar-refractivity contribution in [1.82, 2.24) is 9.78 Å². The van der Waals surface area contributed by atoms with Gasteiger partial charge in [-0.15, -0.1) is 11.8 Å². The fourth-order valence-electron chi connectivity index (χ4n) is 2.65. The van der Waals surface area contributed by atoms with Crippen LogP contribution in [-0.2, 0) is 23.2 Å². The first-order chi connectivity index (χ1) is 11.5. The van der Waals surface area contributed by atoms with Gasteiger partial charge in [0.15, 0.2) is 0 Å². The molecule has 0 N–H and O–H groups in total. The minimum absolute atomic E-state index is 0.0513. The van der Waals surface area contributed by atoms with Crippen LogP contribution >= 0.6 is 27.7 Å². The van der Waals surface area contributed by atoms with E-state index in [2.05, 4.69) is 21.0 Å². The van der Waals surface area contributed by atoms with Gasteiger partial charge in [-0.2, -0.15) is 18.3 Å². The number of halogens is 4. The lowest BCUT2D eigenvalue weighted by atomic mass is 10.2. The normalized spacial score (nSPS) is 15.4. The molecule has 0 unspecified atom stereocenters. The van der Waals surface area contributed by atoms with E-state index in [1.165, 1.54) is 17.8 Å². The molecule has 0 saturated carbocycles. The van der Waals surface area contributed by atoms with Gasteiger partial charge in [0.2, 0.25) is 0 Å². The van der Waals surface area contributed by atoms with E-state index < -0.39 is 26.7 Å². The van der Waals surface area contributed by atoms with Crippen LogP contribution in [0.4, 0.5) is 18.9 Å². The number of thioether (sulfide) groups is 1. The molecule has 2 heterocycles. The molecule has 5 nitrogen and oxygen atoms in total. The minimum atomic E-state index is -4.64. The molecule has 1 aliphatic rings. The summed E-state index contributed by atoms with van der Waals surface area (Å²) >= 11 is 4.44. The zero-order chi connectivity index (χ0) is 18.6. The molecule has 1 aromatic heterocycles. The van der Waals surface area contributed by atoms with Crippen LogP contribution < -0.4 is 4.31 Å². The predicted molar refractivity (Wildman–Crippen MR) is 92.3 cm³/mol. The molecule has 25 heavy (non-hydrogen) atoms. The summed E-state index contributed by atoms with van der Waals surface area (Å²) in [4.78, 5) is -0.407. The molecular formula is C14H13BrF3N3O2S2. The van der Waals surface area contributed by atoms with Gasteiger partial charge in [-0.05, 0) is 25.1 Å². The van der Waals surface area contributed by atoms with Crippen molar-refractivity contribution in [3.05, 3.63) is 33.9 Å². The Kier molecular flexibility index (Phi) is 4.61. The molecule has 0 saturated heterocycles. The van der Waals surface area contributed by atoms with Crippen LogP contribution in [0.25, 0.3) is 0 Å². The van der Waals surface area contributed by atoms with E-state index in [0.29, 0.717) is 28.2 Å². The number of alkyl halides is 3. The summed E-state index contributed by atoms with van der Waals surface area (Å²) in [6.45, 7) is 1.84. The highest BCUT2D eigenvalue weighted by Crippen LogP contribution is 2.41. The predicted octanol–water partition coefficient (Wildman–Crippen LogP) is 3.81. The second kappa shape index (κ2) is 6.20. The largest absolute Gasteiger partial charge is 0.416 e. The Morgan fingerprint density at radius 1 is 1.28 bits per heavy atom. The number of fused-ring (bicyclic) bond motifs is 1. The van der Waals surface area contributed by atoms with E-state index in [1.54, 1.807) is 18.7 Å². The quantitative estimate of drug-likeness (QED) is 0.690. The van der Waals surface area contributed by atoms with E-state index in [9.17, 15) is 21.6 Å². The van der Waals surface area contributed by atoms with Crippen molar-refractivity contribution >= 4 is 43.4 Å². The Hall–Kier alpha value is -1.20. The Labute approximate surface area is 155 Å². The lowest BCUT2D eigenvalue weighted by molar-refractivity contribution is -0.137. The number of sulfonamides is 1. The second-order valence-corrected chi connectivity index (χ2v) is 9.32. The maximum Gasteiger partial charge on any atom is 0.416 e. The third-order valence-corrected chi connectivity index (χ3v) is 7.06. The van der Waals surface area contributed by atoms with Gasteiger partial charge in [0, 0.05) is 23.8 Å². The number of aryl methyl sites for hydroxylation is 2. The molecule has 0 spiro atoms. The molecule has 11 heteroatoms. The van der Waals surface area contributed by atoms with Crippen molar-refractivity contribution in [3.8, 4) is 0 Å². The fraction of sp³-hybridized carbons (Fsp3) is 0.357. The summed E-state index contributed by atoms with van der Waals surface area (Å²) in [5.74, 6) is 0.491. The molecule has 0 aliphatic carbocycles. The van der Waals surface area contributed by atoms with Gasteiger partial charge < -0.3 is 0 Å². The molecule has 136 valence electrons. The van der Waals surface area contributed by atoms with Crippen LogP contribution in [0.2, 0.25) is 0 Å². The highest BCUT2D eigenvalue weighted by molar-refractivity contribution is 9.10. The first-order valence-corrected chi connectivity index (χ1v) is 10.3. The van der Waals surface area contributed by atoms with Crippen LogP contribution in [0, 0.1) is 6.92 Å². The molecule has 0 radical (unpaired) electrons. The number of benzene rings is 1. The standard InChI is InChI=1S/C14H13BrF3N3O2S2/c1-8-12-13(20(2)19-8)24-4-3-21(12)25(22,23)11-6-9(14(16,17)18)5-10(15)7-11/h5-7H,3-4H2,1-2H3. The summed E-state index contributed by atoms with van der Waals surface area (Å²) in [5.41, 5.74) is -0.0819. The van der Waals surface area contributed by atoms with Crippen molar-refractivity contribution in [2.24, 2.45) is 7.05 Å². The fourth-order valence-corrected chi connectivity index (χ4v) is 6.16. The average Bonchev–Trinajstić information content (AvgIpc) is 2.80. The van der Waals surface area contributed by atoms with E-state index in [0.717, 1.165) is 10.4 Å². The van der Waals surface area contributed by atoms with Crippen LogP contribution in [0.15, 0.2) is 32.6 Å². The monoisotopic (exact) mass is 455 g/mol. The highest BCUT2D eigenvalue weighted by Gasteiger charge is 2.36. The van der Waals surface area contributed by atoms with Crippen LogP contribution in [0.3, 0.4) is 0 Å². The summed E-state index contributed by atoms with van der Waals surface area (Å²) < 4.78 is 68.0. The number of hydrogen-bond acceptors (Lipinski definition) is 4. The van der Waals surface area contributed by atoms with Gasteiger partial charge >= 0.3 is 6.18 Å². The molecule has 3 rings (SSSR count). The van der Waals surface area contributed by atoms with E-state index in [4.69, 9.17) is 0 Å². The SMILES string of the molecule is Cc1nn(C)c2c1N(S(=O)(=O)c1cc(Br)cc(C(F)(F)F)c1)CCS2. The first kappa shape index (κ1) is 18.6. The van der Waals surface area contributed by atoms with Gasteiger partial charge in [-0.3, -0.25) is 8.99 Å². The molecule has 0 fully saturated rings. The maximum absolute atomic E-state index is 13.0. The van der Waals surface area contributed by atoms with Crippen LogP contribution in [-0.4, -0.2) is 30.5 Å². The molecule has 1 aliphatic heterocycles. The molecule has 1 aromatic carbocycles. The second-order valence-electron chi connectivity index (χ2n) is 5.46. The zero-order valence-corrected chi connectivity index (χ0v) is 16.4.